The molecule has 104 valence electrons. The Balaban J connectivity index is 1.81. The van der Waals surface area contributed by atoms with Crippen molar-refractivity contribution in [3.8, 4) is 0 Å². The van der Waals surface area contributed by atoms with Crippen LogP contribution in [0.4, 0.5) is 0 Å². The second-order valence-corrected chi connectivity index (χ2v) is 4.41. The molecular formula is C11H14N8O. The number of aromatic nitrogens is 7. The topological polar surface area (TPSA) is 120 Å². The van der Waals surface area contributed by atoms with E-state index in [0.29, 0.717) is 24.6 Å². The molecule has 0 unspecified atom stereocenters. The summed E-state index contributed by atoms with van der Waals surface area (Å²) in [6, 6.07) is 1.45. The van der Waals surface area contributed by atoms with Gasteiger partial charge in [-0.3, -0.25) is 9.89 Å². The third-order valence-electron chi connectivity index (χ3n) is 2.87. The van der Waals surface area contributed by atoms with Gasteiger partial charge in [-0.15, -0.1) is 5.10 Å². The van der Waals surface area contributed by atoms with Crippen molar-refractivity contribution < 1.29 is 0 Å². The molecule has 20 heavy (non-hydrogen) atoms. The van der Waals surface area contributed by atoms with Gasteiger partial charge in [-0.25, -0.2) is 14.6 Å². The Kier molecular flexibility index (Phi) is 3.25. The molecule has 3 rings (SSSR count). The van der Waals surface area contributed by atoms with Crippen molar-refractivity contribution in [2.45, 2.75) is 19.4 Å². The van der Waals surface area contributed by atoms with Crippen molar-refractivity contribution in [3.05, 3.63) is 40.3 Å². The van der Waals surface area contributed by atoms with E-state index in [4.69, 9.17) is 5.73 Å². The molecule has 9 nitrogen and oxygen atoms in total. The number of rotatable bonds is 5. The van der Waals surface area contributed by atoms with Gasteiger partial charge in [0.15, 0.2) is 0 Å². The Bertz CT molecular complexity index is 770. The first kappa shape index (κ1) is 12.5. The average molecular weight is 274 g/mol. The van der Waals surface area contributed by atoms with E-state index in [0.717, 1.165) is 18.5 Å². The van der Waals surface area contributed by atoms with Gasteiger partial charge >= 0.3 is 0 Å². The zero-order chi connectivity index (χ0) is 13.9. The van der Waals surface area contributed by atoms with Gasteiger partial charge in [0.2, 0.25) is 0 Å². The molecule has 3 heterocycles. The number of hydrogen-bond donors (Lipinski definition) is 2. The van der Waals surface area contributed by atoms with Gasteiger partial charge in [-0.05, 0) is 19.4 Å². The van der Waals surface area contributed by atoms with E-state index in [1.165, 1.54) is 16.9 Å². The van der Waals surface area contributed by atoms with Gasteiger partial charge in [-0.1, -0.05) is 5.21 Å². The standard InChI is InChI=1S/C11H14N8O/c12-3-1-2-8-5-18(17-16-8)6-9-4-10(20)19-11(15-9)13-7-14-19/h4-5,7H,1-3,6,12H2,(H,13,14,15). The molecular weight excluding hydrogens is 260 g/mol. The maximum atomic E-state index is 11.8. The lowest BCUT2D eigenvalue weighted by Gasteiger charge is -1.99. The molecule has 0 aliphatic rings. The summed E-state index contributed by atoms with van der Waals surface area (Å²) in [5, 5.41) is 10.7. The number of nitrogens with one attached hydrogen (secondary N) is 1. The zero-order valence-corrected chi connectivity index (χ0v) is 10.7. The summed E-state index contributed by atoms with van der Waals surface area (Å²) in [5.41, 5.74) is 6.73. The molecule has 0 amide bonds. The van der Waals surface area contributed by atoms with Crippen LogP contribution in [0.5, 0.6) is 0 Å². The summed E-state index contributed by atoms with van der Waals surface area (Å²) < 4.78 is 2.92. The number of aromatic amines is 1. The second kappa shape index (κ2) is 5.21. The van der Waals surface area contributed by atoms with Crippen molar-refractivity contribution in [1.82, 2.24) is 34.6 Å². The van der Waals surface area contributed by atoms with Crippen LogP contribution in [0.25, 0.3) is 5.78 Å². The minimum absolute atomic E-state index is 0.203. The smallest absolute Gasteiger partial charge is 0.274 e. The van der Waals surface area contributed by atoms with Crippen LogP contribution >= 0.6 is 0 Å². The number of nitrogens with zero attached hydrogens (tertiary/aromatic N) is 6. The molecule has 0 saturated carbocycles. The van der Waals surface area contributed by atoms with Gasteiger partial charge in [0.1, 0.15) is 6.33 Å². The maximum absolute atomic E-state index is 11.8. The van der Waals surface area contributed by atoms with E-state index in [1.54, 1.807) is 4.68 Å². The maximum Gasteiger partial charge on any atom is 0.274 e. The molecule has 0 bridgehead atoms. The van der Waals surface area contributed by atoms with Crippen LogP contribution in [-0.2, 0) is 13.0 Å². The van der Waals surface area contributed by atoms with Crippen LogP contribution in [0.1, 0.15) is 17.8 Å². The predicted molar refractivity (Wildman–Crippen MR) is 70.1 cm³/mol. The van der Waals surface area contributed by atoms with Crippen molar-refractivity contribution in [2.75, 3.05) is 6.54 Å². The molecule has 0 radical (unpaired) electrons. The molecule has 0 atom stereocenters. The summed E-state index contributed by atoms with van der Waals surface area (Å²) in [6.45, 7) is 1.01. The van der Waals surface area contributed by atoms with Crippen LogP contribution in [-0.4, -0.2) is 41.1 Å². The highest BCUT2D eigenvalue weighted by atomic mass is 16.1. The monoisotopic (exact) mass is 274 g/mol. The van der Waals surface area contributed by atoms with E-state index in [1.807, 2.05) is 6.20 Å². The van der Waals surface area contributed by atoms with E-state index < -0.39 is 0 Å². The minimum atomic E-state index is -0.203. The molecule has 9 heteroatoms. The first-order valence-electron chi connectivity index (χ1n) is 6.27. The molecule has 0 aliphatic heterocycles. The SMILES string of the molecule is NCCCc1cn(Cc2cc(=O)n3[nH]cnc3n2)nn1. The fourth-order valence-electron chi connectivity index (χ4n) is 1.93. The lowest BCUT2D eigenvalue weighted by Crippen LogP contribution is -2.17. The van der Waals surface area contributed by atoms with Gasteiger partial charge in [0.05, 0.1) is 17.9 Å². The van der Waals surface area contributed by atoms with Crippen molar-refractivity contribution in [1.29, 1.82) is 0 Å². The van der Waals surface area contributed by atoms with E-state index in [-0.39, 0.29) is 5.56 Å². The van der Waals surface area contributed by atoms with Crippen molar-refractivity contribution >= 4 is 5.78 Å². The summed E-state index contributed by atoms with van der Waals surface area (Å²) in [5.74, 6) is 0.343. The number of hydrogen-bond acceptors (Lipinski definition) is 6. The highest BCUT2D eigenvalue weighted by Crippen LogP contribution is 2.01. The van der Waals surface area contributed by atoms with Gasteiger partial charge < -0.3 is 5.73 Å². The molecule has 3 N–H and O–H groups in total. The first-order valence-corrected chi connectivity index (χ1v) is 6.27. The Morgan fingerprint density at radius 3 is 3.10 bits per heavy atom. The van der Waals surface area contributed by atoms with Gasteiger partial charge in [0, 0.05) is 12.3 Å². The van der Waals surface area contributed by atoms with Crippen LogP contribution < -0.4 is 11.3 Å². The van der Waals surface area contributed by atoms with Crippen LogP contribution in [0.15, 0.2) is 23.4 Å². The zero-order valence-electron chi connectivity index (χ0n) is 10.7. The normalized spacial score (nSPS) is 11.2. The Morgan fingerprint density at radius 2 is 2.25 bits per heavy atom. The third-order valence-corrected chi connectivity index (χ3v) is 2.87. The first-order chi connectivity index (χ1) is 9.76. The molecule has 3 aromatic heterocycles. The second-order valence-electron chi connectivity index (χ2n) is 4.41. The minimum Gasteiger partial charge on any atom is -0.330 e. The van der Waals surface area contributed by atoms with Crippen molar-refractivity contribution in [3.63, 3.8) is 0 Å². The lowest BCUT2D eigenvalue weighted by atomic mass is 10.2. The highest BCUT2D eigenvalue weighted by molar-refractivity contribution is 5.26. The van der Waals surface area contributed by atoms with E-state index in [9.17, 15) is 4.79 Å². The molecule has 0 aliphatic carbocycles. The quantitative estimate of drug-likeness (QED) is 0.612. The van der Waals surface area contributed by atoms with E-state index in [2.05, 4.69) is 25.4 Å². The Labute approximate surface area is 113 Å². The highest BCUT2D eigenvalue weighted by Gasteiger charge is 2.06. The van der Waals surface area contributed by atoms with Gasteiger partial charge in [-0.2, -0.15) is 4.52 Å². The lowest BCUT2D eigenvalue weighted by molar-refractivity contribution is 0.636. The number of aryl methyl sites for hydroxylation is 1. The largest absolute Gasteiger partial charge is 0.330 e. The Hall–Kier alpha value is -2.55. The number of nitrogens with two attached hydrogens (primary N) is 1. The van der Waals surface area contributed by atoms with Crippen molar-refractivity contribution in [2.24, 2.45) is 5.73 Å². The fourth-order valence-corrected chi connectivity index (χ4v) is 1.93. The van der Waals surface area contributed by atoms with Crippen LogP contribution in [0.2, 0.25) is 0 Å². The summed E-state index contributed by atoms with van der Waals surface area (Å²) in [7, 11) is 0. The van der Waals surface area contributed by atoms with E-state index >= 15 is 0 Å². The molecule has 0 spiro atoms. The molecule has 3 aromatic rings. The number of H-pyrrole nitrogens is 1. The fraction of sp³-hybridized carbons (Fsp3) is 0.364. The molecule has 0 saturated heterocycles. The van der Waals surface area contributed by atoms with Crippen LogP contribution in [0.3, 0.4) is 0 Å². The average Bonchev–Trinajstić information content (AvgIpc) is 3.05. The van der Waals surface area contributed by atoms with Crippen LogP contribution in [0, 0.1) is 0 Å². The molecule has 0 fully saturated rings. The molecule has 0 aromatic carbocycles. The van der Waals surface area contributed by atoms with Gasteiger partial charge in [0.25, 0.3) is 11.3 Å². The summed E-state index contributed by atoms with van der Waals surface area (Å²) in [6.07, 6.45) is 4.93. The Morgan fingerprint density at radius 1 is 1.35 bits per heavy atom. The number of fused-ring (bicyclic) bond motifs is 1. The predicted octanol–water partition coefficient (Wildman–Crippen LogP) is -1.05. The third kappa shape index (κ3) is 2.43. The summed E-state index contributed by atoms with van der Waals surface area (Å²) in [4.78, 5) is 20.0. The summed E-state index contributed by atoms with van der Waals surface area (Å²) >= 11 is 0.